The van der Waals surface area contributed by atoms with E-state index in [0.717, 1.165) is 0 Å². The smallest absolute Gasteiger partial charge is 0.361 e. The molecule has 0 spiro atoms. The van der Waals surface area contributed by atoms with Crippen LogP contribution < -0.4 is 0 Å². The van der Waals surface area contributed by atoms with Gasteiger partial charge >= 0.3 is 5.97 Å². The molecule has 0 unspecified atom stereocenters. The molecule has 0 amide bonds. The van der Waals surface area contributed by atoms with Crippen molar-refractivity contribution in [3.63, 3.8) is 0 Å². The summed E-state index contributed by atoms with van der Waals surface area (Å²) < 4.78 is 4.68. The highest BCUT2D eigenvalue weighted by Crippen LogP contribution is 2.01. The van der Waals surface area contributed by atoms with Gasteiger partial charge in [-0.1, -0.05) is 5.16 Å². The van der Waals surface area contributed by atoms with Crippen molar-refractivity contribution in [3.05, 3.63) is 24.2 Å². The van der Waals surface area contributed by atoms with E-state index < -0.39 is 11.7 Å². The quantitative estimate of drug-likeness (QED) is 0.371. The van der Waals surface area contributed by atoms with E-state index >= 15 is 0 Å². The summed E-state index contributed by atoms with van der Waals surface area (Å²) in [5.41, 5.74) is -0.505. The lowest BCUT2D eigenvalue weighted by molar-refractivity contribution is -0.129. The van der Waals surface area contributed by atoms with Gasteiger partial charge in [0.2, 0.25) is 5.71 Å². The second-order valence-electron chi connectivity index (χ2n) is 1.73. The molecule has 0 saturated heterocycles. The summed E-state index contributed by atoms with van der Waals surface area (Å²) >= 11 is 0. The van der Waals surface area contributed by atoms with Crippen LogP contribution in [0.3, 0.4) is 0 Å². The Morgan fingerprint density at radius 3 is 2.73 bits per heavy atom. The van der Waals surface area contributed by atoms with Crippen LogP contribution in [0.4, 0.5) is 0 Å². The Bertz CT molecular complexity index is 275. The van der Waals surface area contributed by atoms with Gasteiger partial charge in [0.05, 0.1) is 6.26 Å². The van der Waals surface area contributed by atoms with Gasteiger partial charge in [-0.05, 0) is 12.1 Å². The molecule has 0 radical (unpaired) electrons. The first kappa shape index (κ1) is 7.33. The predicted octanol–water partition coefficient (Wildman–Crippen LogP) is 0.542. The van der Waals surface area contributed by atoms with Gasteiger partial charge in [0.25, 0.3) is 0 Å². The van der Waals surface area contributed by atoms with Crippen LogP contribution in [0, 0.1) is 0 Å². The Hall–Kier alpha value is -1.78. The molecule has 1 rings (SSSR count). The van der Waals surface area contributed by atoms with Crippen LogP contribution in [0.5, 0.6) is 0 Å². The Labute approximate surface area is 61.6 Å². The summed E-state index contributed by atoms with van der Waals surface area (Å²) in [6.45, 7) is 0. The summed E-state index contributed by atoms with van der Waals surface area (Å²) in [4.78, 5) is 10.3. The molecular weight excluding hydrogens is 150 g/mol. The number of hydrogen-bond acceptors (Lipinski definition) is 4. The number of furan rings is 1. The SMILES string of the molecule is O=C(O)/C(=N\O)c1ccco1. The molecule has 1 heterocycles. The number of oxime groups is 1. The lowest BCUT2D eigenvalue weighted by Crippen LogP contribution is -2.13. The second-order valence-corrected chi connectivity index (χ2v) is 1.73. The Morgan fingerprint density at radius 1 is 1.64 bits per heavy atom. The molecule has 0 aliphatic heterocycles. The summed E-state index contributed by atoms with van der Waals surface area (Å²) in [6, 6.07) is 2.90. The lowest BCUT2D eigenvalue weighted by Gasteiger charge is -1.90. The van der Waals surface area contributed by atoms with Gasteiger partial charge in [-0.15, -0.1) is 0 Å². The molecule has 1 aromatic heterocycles. The van der Waals surface area contributed by atoms with Crippen LogP contribution in [-0.2, 0) is 4.79 Å². The molecule has 58 valence electrons. The molecule has 5 nitrogen and oxygen atoms in total. The zero-order valence-electron chi connectivity index (χ0n) is 5.39. The Balaban J connectivity index is 2.99. The van der Waals surface area contributed by atoms with Gasteiger partial charge in [0.1, 0.15) is 0 Å². The molecule has 0 aromatic carbocycles. The number of rotatable bonds is 2. The molecule has 5 heteroatoms. The maximum atomic E-state index is 10.3. The highest BCUT2D eigenvalue weighted by molar-refractivity contribution is 6.41. The highest BCUT2D eigenvalue weighted by Gasteiger charge is 2.15. The predicted molar refractivity (Wildman–Crippen MR) is 34.7 cm³/mol. The number of nitrogens with zero attached hydrogens (tertiary/aromatic N) is 1. The normalized spacial score (nSPS) is 11.5. The van der Waals surface area contributed by atoms with E-state index in [2.05, 4.69) is 9.57 Å². The van der Waals surface area contributed by atoms with E-state index in [1.165, 1.54) is 18.4 Å². The van der Waals surface area contributed by atoms with Crippen molar-refractivity contribution in [2.24, 2.45) is 5.16 Å². The van der Waals surface area contributed by atoms with Crippen molar-refractivity contribution in [1.82, 2.24) is 0 Å². The zero-order valence-corrected chi connectivity index (χ0v) is 5.39. The molecule has 0 fully saturated rings. The topological polar surface area (TPSA) is 83.0 Å². The van der Waals surface area contributed by atoms with Crippen molar-refractivity contribution < 1.29 is 19.5 Å². The number of hydrogen-bond donors (Lipinski definition) is 2. The molecule has 0 aliphatic carbocycles. The minimum Gasteiger partial charge on any atom is -0.476 e. The fraction of sp³-hybridized carbons (Fsp3) is 0. The standard InChI is InChI=1S/C6H5NO4/c8-6(9)5(7-10)4-2-1-3-11-4/h1-3,10H,(H,8,9)/b7-5-. The zero-order chi connectivity index (χ0) is 8.27. The van der Waals surface area contributed by atoms with E-state index in [4.69, 9.17) is 10.3 Å². The summed E-state index contributed by atoms with van der Waals surface area (Å²) in [5, 5.41) is 19.2. The van der Waals surface area contributed by atoms with E-state index in [9.17, 15) is 4.79 Å². The molecule has 1 aromatic rings. The van der Waals surface area contributed by atoms with Gasteiger partial charge in [-0.25, -0.2) is 4.79 Å². The van der Waals surface area contributed by atoms with E-state index in [-0.39, 0.29) is 5.76 Å². The van der Waals surface area contributed by atoms with Crippen LogP contribution in [-0.4, -0.2) is 22.0 Å². The lowest BCUT2D eigenvalue weighted by atomic mass is 10.3. The number of carboxylic acids is 1. The summed E-state index contributed by atoms with van der Waals surface area (Å²) in [7, 11) is 0. The number of carboxylic acid groups (broad SMARTS) is 1. The van der Waals surface area contributed by atoms with Gasteiger partial charge in [-0.2, -0.15) is 0 Å². The maximum Gasteiger partial charge on any atom is 0.361 e. The number of carbonyl (C=O) groups is 1. The first-order valence-electron chi connectivity index (χ1n) is 2.75. The highest BCUT2D eigenvalue weighted by atomic mass is 16.4. The van der Waals surface area contributed by atoms with Crippen molar-refractivity contribution in [2.45, 2.75) is 0 Å². The van der Waals surface area contributed by atoms with Gasteiger partial charge in [-0.3, -0.25) is 0 Å². The fourth-order valence-electron chi connectivity index (χ4n) is 0.611. The van der Waals surface area contributed by atoms with Crippen LogP contribution in [0.1, 0.15) is 5.76 Å². The Kier molecular flexibility index (Phi) is 1.91. The minimum atomic E-state index is -1.33. The van der Waals surface area contributed by atoms with Crippen molar-refractivity contribution >= 4 is 11.7 Å². The summed E-state index contributed by atoms with van der Waals surface area (Å²) in [6.07, 6.45) is 1.30. The average Bonchev–Trinajstić information content (AvgIpc) is 2.40. The van der Waals surface area contributed by atoms with Crippen LogP contribution >= 0.6 is 0 Å². The van der Waals surface area contributed by atoms with Gasteiger partial charge in [0, 0.05) is 0 Å². The molecule has 0 atom stereocenters. The van der Waals surface area contributed by atoms with E-state index in [1.807, 2.05) is 0 Å². The molecule has 11 heavy (non-hydrogen) atoms. The van der Waals surface area contributed by atoms with Crippen LogP contribution in [0.15, 0.2) is 28.0 Å². The molecular formula is C6H5NO4. The third-order valence-corrected chi connectivity index (χ3v) is 1.06. The number of aliphatic carboxylic acids is 1. The van der Waals surface area contributed by atoms with Crippen LogP contribution in [0.25, 0.3) is 0 Å². The molecule has 0 aliphatic rings. The second kappa shape index (κ2) is 2.87. The molecule has 2 N–H and O–H groups in total. The summed E-state index contributed by atoms with van der Waals surface area (Å²) in [5.74, 6) is -1.30. The molecule has 0 bridgehead atoms. The third-order valence-electron chi connectivity index (χ3n) is 1.06. The van der Waals surface area contributed by atoms with Crippen molar-refractivity contribution in [2.75, 3.05) is 0 Å². The maximum absolute atomic E-state index is 10.3. The fourth-order valence-corrected chi connectivity index (χ4v) is 0.611. The van der Waals surface area contributed by atoms with Gasteiger partial charge < -0.3 is 14.7 Å². The van der Waals surface area contributed by atoms with E-state index in [1.54, 1.807) is 0 Å². The van der Waals surface area contributed by atoms with Crippen LogP contribution in [0.2, 0.25) is 0 Å². The first-order valence-corrected chi connectivity index (χ1v) is 2.75. The van der Waals surface area contributed by atoms with Gasteiger partial charge in [0.15, 0.2) is 5.76 Å². The third kappa shape index (κ3) is 1.37. The van der Waals surface area contributed by atoms with E-state index in [0.29, 0.717) is 0 Å². The minimum absolute atomic E-state index is 0.0278. The largest absolute Gasteiger partial charge is 0.476 e. The van der Waals surface area contributed by atoms with Crippen molar-refractivity contribution in [1.29, 1.82) is 0 Å². The average molecular weight is 155 g/mol. The first-order chi connectivity index (χ1) is 5.25. The monoisotopic (exact) mass is 155 g/mol. The van der Waals surface area contributed by atoms with Crippen molar-refractivity contribution in [3.8, 4) is 0 Å². The molecule has 0 saturated carbocycles. The Morgan fingerprint density at radius 2 is 2.36 bits per heavy atom.